The van der Waals surface area contributed by atoms with Crippen LogP contribution in [0.2, 0.25) is 0 Å². The summed E-state index contributed by atoms with van der Waals surface area (Å²) in [5.41, 5.74) is 1.80. The molecule has 0 radical (unpaired) electrons. The summed E-state index contributed by atoms with van der Waals surface area (Å²) in [5, 5.41) is 0.579. The zero-order valence-corrected chi connectivity index (χ0v) is 18.5. The van der Waals surface area contributed by atoms with Gasteiger partial charge in [-0.3, -0.25) is 19.0 Å². The first-order valence-electron chi connectivity index (χ1n) is 9.49. The zero-order chi connectivity index (χ0) is 21.4. The highest BCUT2D eigenvalue weighted by atomic mass is 32.2. The van der Waals surface area contributed by atoms with Gasteiger partial charge in [0.15, 0.2) is 5.78 Å². The maximum Gasteiger partial charge on any atom is 0.262 e. The SMILES string of the molecule is Cc1sc2nc(C)n(CCOc3ccc(/C=C4\SC(=O)CC4=O)cc3)c(=O)c2c1C. The van der Waals surface area contributed by atoms with Gasteiger partial charge >= 0.3 is 0 Å². The molecule has 0 saturated carbocycles. The molecule has 4 rings (SSSR count). The lowest BCUT2D eigenvalue weighted by molar-refractivity contribution is -0.119. The van der Waals surface area contributed by atoms with Crippen molar-refractivity contribution in [1.82, 2.24) is 9.55 Å². The monoisotopic (exact) mass is 440 g/mol. The number of ether oxygens (including phenoxy) is 1. The Morgan fingerprint density at radius 3 is 2.53 bits per heavy atom. The highest BCUT2D eigenvalue weighted by Gasteiger charge is 2.25. The van der Waals surface area contributed by atoms with E-state index in [-0.39, 0.29) is 22.9 Å². The summed E-state index contributed by atoms with van der Waals surface area (Å²) in [5.74, 6) is 1.21. The second-order valence-electron chi connectivity index (χ2n) is 7.08. The summed E-state index contributed by atoms with van der Waals surface area (Å²) in [7, 11) is 0. The van der Waals surface area contributed by atoms with Gasteiger partial charge in [0, 0.05) is 4.88 Å². The number of thiophene rings is 1. The van der Waals surface area contributed by atoms with Crippen molar-refractivity contribution >= 4 is 50.3 Å². The predicted octanol–water partition coefficient (Wildman–Crippen LogP) is 4.04. The van der Waals surface area contributed by atoms with Gasteiger partial charge in [-0.1, -0.05) is 12.1 Å². The van der Waals surface area contributed by atoms with Crippen LogP contribution in [0.5, 0.6) is 5.75 Å². The Morgan fingerprint density at radius 2 is 1.87 bits per heavy atom. The summed E-state index contributed by atoms with van der Waals surface area (Å²) in [4.78, 5) is 42.9. The highest BCUT2D eigenvalue weighted by Crippen LogP contribution is 2.31. The van der Waals surface area contributed by atoms with Crippen LogP contribution in [-0.4, -0.2) is 27.1 Å². The number of Topliss-reactive ketones (excluding diaryl/α,β-unsaturated/α-hetero) is 1. The minimum absolute atomic E-state index is 0.0262. The summed E-state index contributed by atoms with van der Waals surface area (Å²) in [6, 6.07) is 7.28. The van der Waals surface area contributed by atoms with Crippen molar-refractivity contribution < 1.29 is 14.3 Å². The van der Waals surface area contributed by atoms with Gasteiger partial charge in [0.1, 0.15) is 23.0 Å². The van der Waals surface area contributed by atoms with E-state index in [0.29, 0.717) is 35.0 Å². The van der Waals surface area contributed by atoms with Crippen molar-refractivity contribution in [3.05, 3.63) is 61.4 Å². The lowest BCUT2D eigenvalue weighted by atomic mass is 10.1. The molecule has 0 spiro atoms. The fourth-order valence-electron chi connectivity index (χ4n) is 3.30. The van der Waals surface area contributed by atoms with Crippen LogP contribution in [0, 0.1) is 20.8 Å². The van der Waals surface area contributed by atoms with Gasteiger partial charge in [0.05, 0.1) is 23.3 Å². The Kier molecular flexibility index (Phi) is 5.62. The highest BCUT2D eigenvalue weighted by molar-refractivity contribution is 8.18. The van der Waals surface area contributed by atoms with Gasteiger partial charge < -0.3 is 4.74 Å². The first-order valence-corrected chi connectivity index (χ1v) is 11.1. The Morgan fingerprint density at radius 1 is 1.13 bits per heavy atom. The van der Waals surface area contributed by atoms with E-state index in [1.54, 1.807) is 22.0 Å². The molecule has 1 aliphatic rings. The molecule has 8 heteroatoms. The quantitative estimate of drug-likeness (QED) is 0.440. The van der Waals surface area contributed by atoms with Gasteiger partial charge in [0.2, 0.25) is 5.12 Å². The third-order valence-electron chi connectivity index (χ3n) is 5.04. The van der Waals surface area contributed by atoms with Crippen LogP contribution in [0.15, 0.2) is 34.0 Å². The largest absolute Gasteiger partial charge is 0.492 e. The van der Waals surface area contributed by atoms with Gasteiger partial charge in [-0.2, -0.15) is 0 Å². The normalized spacial score (nSPS) is 15.5. The van der Waals surface area contributed by atoms with E-state index >= 15 is 0 Å². The van der Waals surface area contributed by atoms with E-state index in [2.05, 4.69) is 4.98 Å². The van der Waals surface area contributed by atoms with E-state index < -0.39 is 0 Å². The van der Waals surface area contributed by atoms with Crippen molar-refractivity contribution in [3.63, 3.8) is 0 Å². The van der Waals surface area contributed by atoms with E-state index in [1.165, 1.54) is 0 Å². The molecule has 0 amide bonds. The van der Waals surface area contributed by atoms with Gasteiger partial charge in [-0.05, 0) is 61.9 Å². The predicted molar refractivity (Wildman–Crippen MR) is 120 cm³/mol. The number of carbonyl (C=O) groups excluding carboxylic acids is 2. The van der Waals surface area contributed by atoms with Crippen LogP contribution in [0.25, 0.3) is 16.3 Å². The molecule has 1 aliphatic heterocycles. The number of hydrogen-bond acceptors (Lipinski definition) is 7. The summed E-state index contributed by atoms with van der Waals surface area (Å²) in [6.45, 7) is 6.53. The molecular weight excluding hydrogens is 420 g/mol. The topological polar surface area (TPSA) is 78.3 Å². The third-order valence-corrected chi connectivity index (χ3v) is 7.08. The fraction of sp³-hybridized carbons (Fsp3) is 0.273. The minimum atomic E-state index is -0.132. The lowest BCUT2D eigenvalue weighted by Crippen LogP contribution is -2.26. The van der Waals surface area contributed by atoms with Crippen LogP contribution in [0.1, 0.15) is 28.2 Å². The van der Waals surface area contributed by atoms with E-state index in [4.69, 9.17) is 4.74 Å². The Labute approximate surface area is 181 Å². The van der Waals surface area contributed by atoms with Crippen molar-refractivity contribution in [2.75, 3.05) is 6.61 Å². The van der Waals surface area contributed by atoms with Gasteiger partial charge in [0.25, 0.3) is 5.56 Å². The molecule has 1 fully saturated rings. The van der Waals surface area contributed by atoms with Crippen molar-refractivity contribution in [3.8, 4) is 5.75 Å². The first kappa shape index (κ1) is 20.6. The Bertz CT molecular complexity index is 1250. The number of aromatic nitrogens is 2. The Balaban J connectivity index is 1.44. The maximum atomic E-state index is 12.9. The molecule has 0 bridgehead atoms. The summed E-state index contributed by atoms with van der Waals surface area (Å²) < 4.78 is 7.45. The number of aryl methyl sites for hydroxylation is 3. The number of benzene rings is 1. The number of allylic oxidation sites excluding steroid dienone is 1. The molecule has 0 N–H and O–H groups in total. The average molecular weight is 441 g/mol. The molecule has 2 aromatic heterocycles. The van der Waals surface area contributed by atoms with E-state index in [9.17, 15) is 14.4 Å². The van der Waals surface area contributed by atoms with Crippen LogP contribution in [0.4, 0.5) is 0 Å². The molecule has 1 saturated heterocycles. The number of nitrogens with zero attached hydrogens (tertiary/aromatic N) is 2. The van der Waals surface area contributed by atoms with Gasteiger partial charge in [-0.15, -0.1) is 11.3 Å². The molecule has 3 aromatic rings. The zero-order valence-electron chi connectivity index (χ0n) is 16.9. The van der Waals surface area contributed by atoms with Crippen LogP contribution in [0.3, 0.4) is 0 Å². The first-order chi connectivity index (χ1) is 14.3. The average Bonchev–Trinajstić information content (AvgIpc) is 3.16. The van der Waals surface area contributed by atoms with Crippen molar-refractivity contribution in [2.45, 2.75) is 33.7 Å². The Hall–Kier alpha value is -2.71. The number of ketones is 1. The summed E-state index contributed by atoms with van der Waals surface area (Å²) in [6.07, 6.45) is 1.69. The maximum absolute atomic E-state index is 12.9. The number of carbonyl (C=O) groups is 2. The van der Waals surface area contributed by atoms with Crippen LogP contribution >= 0.6 is 23.1 Å². The molecule has 0 aliphatic carbocycles. The molecular formula is C22H20N2O4S2. The standard InChI is InChI=1S/C22H20N2O4S2/c1-12-13(2)29-21-20(12)22(27)24(14(3)23-21)8-9-28-16-6-4-15(5-7-16)10-18-17(25)11-19(26)30-18/h4-7,10H,8-9,11H2,1-3H3/b18-10-. The smallest absolute Gasteiger partial charge is 0.262 e. The number of rotatable bonds is 5. The fourth-order valence-corrected chi connectivity index (χ4v) is 5.20. The molecule has 1 aromatic carbocycles. The second-order valence-corrected chi connectivity index (χ2v) is 9.38. The molecule has 0 atom stereocenters. The van der Waals surface area contributed by atoms with E-state index in [1.807, 2.05) is 45.0 Å². The second kappa shape index (κ2) is 8.20. The van der Waals surface area contributed by atoms with E-state index in [0.717, 1.165) is 32.6 Å². The lowest BCUT2D eigenvalue weighted by Gasteiger charge is -2.11. The van der Waals surface area contributed by atoms with Gasteiger partial charge in [-0.25, -0.2) is 4.98 Å². The van der Waals surface area contributed by atoms with Crippen LogP contribution < -0.4 is 10.3 Å². The number of fused-ring (bicyclic) bond motifs is 1. The van der Waals surface area contributed by atoms with Crippen LogP contribution in [-0.2, 0) is 16.1 Å². The number of hydrogen-bond donors (Lipinski definition) is 0. The molecule has 3 heterocycles. The third kappa shape index (κ3) is 3.97. The summed E-state index contributed by atoms with van der Waals surface area (Å²) >= 11 is 2.54. The minimum Gasteiger partial charge on any atom is -0.492 e. The number of thioether (sulfide) groups is 1. The van der Waals surface area contributed by atoms with Crippen molar-refractivity contribution in [1.29, 1.82) is 0 Å². The molecule has 30 heavy (non-hydrogen) atoms. The molecule has 0 unspecified atom stereocenters. The molecule has 6 nitrogen and oxygen atoms in total. The van der Waals surface area contributed by atoms with Crippen molar-refractivity contribution in [2.24, 2.45) is 0 Å². The molecule has 154 valence electrons.